The first-order chi connectivity index (χ1) is 7.09. The lowest BCUT2D eigenvalue weighted by molar-refractivity contribution is -0.139. The molecular weight excluding hydrogens is 190 g/mol. The molecule has 0 aromatic rings. The Morgan fingerprint density at radius 2 is 2.13 bits per heavy atom. The summed E-state index contributed by atoms with van der Waals surface area (Å²) < 4.78 is 0. The van der Waals surface area contributed by atoms with Gasteiger partial charge in [0.2, 0.25) is 5.91 Å². The number of hydrogen-bond acceptors (Lipinski definition) is 3. The van der Waals surface area contributed by atoms with Crippen LogP contribution in [0, 0.1) is 5.41 Å². The first kappa shape index (κ1) is 10.9. The van der Waals surface area contributed by atoms with Gasteiger partial charge in [-0.25, -0.2) is 0 Å². The molecule has 2 N–H and O–H groups in total. The zero-order chi connectivity index (χ0) is 11.1. The van der Waals surface area contributed by atoms with Crippen LogP contribution in [0.3, 0.4) is 0 Å². The second kappa shape index (κ2) is 3.76. The van der Waals surface area contributed by atoms with E-state index < -0.39 is 0 Å². The van der Waals surface area contributed by atoms with Crippen molar-refractivity contribution in [2.75, 3.05) is 33.2 Å². The Bertz CT molecular complexity index is 263. The first-order valence-corrected chi connectivity index (χ1v) is 5.79. The third-order valence-electron chi connectivity index (χ3n) is 3.94. The molecule has 4 heteroatoms. The molecule has 1 amide bonds. The normalized spacial score (nSPS) is 30.3. The van der Waals surface area contributed by atoms with Crippen LogP contribution in [0.4, 0.5) is 0 Å². The average Bonchev–Trinajstić information content (AvgIpc) is 3.02. The second-order valence-corrected chi connectivity index (χ2v) is 5.07. The molecule has 1 aliphatic heterocycles. The maximum atomic E-state index is 12.2. The lowest BCUT2D eigenvalue weighted by Crippen LogP contribution is -2.54. The fourth-order valence-electron chi connectivity index (χ4n) is 2.22. The summed E-state index contributed by atoms with van der Waals surface area (Å²) >= 11 is 0. The van der Waals surface area contributed by atoms with E-state index in [0.717, 1.165) is 32.5 Å². The van der Waals surface area contributed by atoms with Crippen LogP contribution >= 0.6 is 0 Å². The molecule has 2 rings (SSSR count). The van der Waals surface area contributed by atoms with Gasteiger partial charge in [0, 0.05) is 32.2 Å². The summed E-state index contributed by atoms with van der Waals surface area (Å²) in [5.74, 6) is 0.296. The number of amides is 1. The van der Waals surface area contributed by atoms with E-state index in [-0.39, 0.29) is 5.41 Å². The van der Waals surface area contributed by atoms with Crippen molar-refractivity contribution in [1.82, 2.24) is 9.80 Å². The van der Waals surface area contributed by atoms with E-state index in [4.69, 9.17) is 5.73 Å². The van der Waals surface area contributed by atoms with Gasteiger partial charge in [-0.15, -0.1) is 0 Å². The largest absolute Gasteiger partial charge is 0.339 e. The van der Waals surface area contributed by atoms with Gasteiger partial charge in [0.25, 0.3) is 0 Å². The SMILES string of the molecule is CC1CN(C(=O)C2(CN)CC2)CCN1C. The van der Waals surface area contributed by atoms with Crippen LogP contribution in [0.2, 0.25) is 0 Å². The van der Waals surface area contributed by atoms with Gasteiger partial charge in [-0.3, -0.25) is 4.79 Å². The van der Waals surface area contributed by atoms with Gasteiger partial charge in [0.05, 0.1) is 5.41 Å². The highest BCUT2D eigenvalue weighted by Gasteiger charge is 2.50. The van der Waals surface area contributed by atoms with Crippen molar-refractivity contribution >= 4 is 5.91 Å². The van der Waals surface area contributed by atoms with Crippen LogP contribution in [0.1, 0.15) is 19.8 Å². The summed E-state index contributed by atoms with van der Waals surface area (Å²) in [6.45, 7) is 5.39. The minimum Gasteiger partial charge on any atom is -0.339 e. The Labute approximate surface area is 91.4 Å². The summed E-state index contributed by atoms with van der Waals surface area (Å²) in [6, 6.07) is 0.469. The maximum Gasteiger partial charge on any atom is 0.230 e. The highest BCUT2D eigenvalue weighted by atomic mass is 16.2. The minimum atomic E-state index is -0.171. The minimum absolute atomic E-state index is 0.171. The number of nitrogens with zero attached hydrogens (tertiary/aromatic N) is 2. The van der Waals surface area contributed by atoms with E-state index in [1.54, 1.807) is 0 Å². The third-order valence-corrected chi connectivity index (χ3v) is 3.94. The van der Waals surface area contributed by atoms with Crippen LogP contribution in [0.25, 0.3) is 0 Å². The fraction of sp³-hybridized carbons (Fsp3) is 0.909. The van der Waals surface area contributed by atoms with E-state index in [1.807, 2.05) is 4.90 Å². The Morgan fingerprint density at radius 3 is 2.60 bits per heavy atom. The number of rotatable bonds is 2. The molecular formula is C11H21N3O. The van der Waals surface area contributed by atoms with Crippen molar-refractivity contribution in [2.45, 2.75) is 25.8 Å². The van der Waals surface area contributed by atoms with Crippen molar-refractivity contribution < 1.29 is 4.79 Å². The number of likely N-dealkylation sites (N-methyl/N-ethyl adjacent to an activating group) is 1. The van der Waals surface area contributed by atoms with Gasteiger partial charge in [-0.05, 0) is 26.8 Å². The summed E-state index contributed by atoms with van der Waals surface area (Å²) in [6.07, 6.45) is 1.98. The topological polar surface area (TPSA) is 49.6 Å². The Balaban J connectivity index is 1.97. The molecule has 1 saturated carbocycles. The van der Waals surface area contributed by atoms with Crippen LogP contribution < -0.4 is 5.73 Å². The summed E-state index contributed by atoms with van der Waals surface area (Å²) in [7, 11) is 2.11. The maximum absolute atomic E-state index is 12.2. The van der Waals surface area contributed by atoms with Crippen LogP contribution in [0.15, 0.2) is 0 Å². The molecule has 1 aliphatic carbocycles. The van der Waals surface area contributed by atoms with Crippen LogP contribution in [-0.4, -0.2) is 55.0 Å². The molecule has 15 heavy (non-hydrogen) atoms. The smallest absolute Gasteiger partial charge is 0.230 e. The fourth-order valence-corrected chi connectivity index (χ4v) is 2.22. The zero-order valence-corrected chi connectivity index (χ0v) is 9.70. The average molecular weight is 211 g/mol. The van der Waals surface area contributed by atoms with Crippen molar-refractivity contribution in [3.05, 3.63) is 0 Å². The third kappa shape index (κ3) is 1.88. The monoisotopic (exact) mass is 211 g/mol. The Morgan fingerprint density at radius 1 is 1.47 bits per heavy atom. The molecule has 1 saturated heterocycles. The van der Waals surface area contributed by atoms with E-state index in [9.17, 15) is 4.79 Å². The summed E-state index contributed by atoms with van der Waals surface area (Å²) in [4.78, 5) is 16.5. The van der Waals surface area contributed by atoms with Crippen LogP contribution in [-0.2, 0) is 4.79 Å². The molecule has 86 valence electrons. The van der Waals surface area contributed by atoms with Gasteiger partial charge in [-0.1, -0.05) is 0 Å². The number of nitrogens with two attached hydrogens (primary N) is 1. The summed E-state index contributed by atoms with van der Waals surface area (Å²) in [5, 5.41) is 0. The van der Waals surface area contributed by atoms with Gasteiger partial charge in [0.15, 0.2) is 0 Å². The summed E-state index contributed by atoms with van der Waals surface area (Å²) in [5.41, 5.74) is 5.51. The molecule has 0 aromatic carbocycles. The zero-order valence-electron chi connectivity index (χ0n) is 9.70. The van der Waals surface area contributed by atoms with E-state index >= 15 is 0 Å². The lowest BCUT2D eigenvalue weighted by atomic mass is 10.0. The molecule has 4 nitrogen and oxygen atoms in total. The molecule has 0 bridgehead atoms. The molecule has 0 radical (unpaired) electrons. The predicted octanol–water partition coefficient (Wildman–Crippen LogP) is -0.112. The molecule has 0 aromatic heterocycles. The molecule has 2 fully saturated rings. The first-order valence-electron chi connectivity index (χ1n) is 5.79. The molecule has 1 unspecified atom stereocenters. The Hall–Kier alpha value is -0.610. The van der Waals surface area contributed by atoms with Crippen molar-refractivity contribution in [3.8, 4) is 0 Å². The van der Waals surface area contributed by atoms with Crippen molar-refractivity contribution in [2.24, 2.45) is 11.1 Å². The predicted molar refractivity (Wildman–Crippen MR) is 59.4 cm³/mol. The Kier molecular flexibility index (Phi) is 2.73. The van der Waals surface area contributed by atoms with E-state index in [0.29, 0.717) is 18.5 Å². The van der Waals surface area contributed by atoms with E-state index in [2.05, 4.69) is 18.9 Å². The number of carbonyl (C=O) groups is 1. The van der Waals surface area contributed by atoms with Crippen molar-refractivity contribution in [3.63, 3.8) is 0 Å². The van der Waals surface area contributed by atoms with Gasteiger partial charge in [0.1, 0.15) is 0 Å². The van der Waals surface area contributed by atoms with Crippen LogP contribution in [0.5, 0.6) is 0 Å². The molecule has 0 spiro atoms. The standard InChI is InChI=1S/C11H21N3O/c1-9-7-14(6-5-13(9)2)10(15)11(8-12)3-4-11/h9H,3-8,12H2,1-2H3. The highest BCUT2D eigenvalue weighted by Crippen LogP contribution is 2.46. The lowest BCUT2D eigenvalue weighted by Gasteiger charge is -2.39. The molecule has 1 atom stereocenters. The van der Waals surface area contributed by atoms with Gasteiger partial charge >= 0.3 is 0 Å². The quantitative estimate of drug-likeness (QED) is 0.693. The van der Waals surface area contributed by atoms with Gasteiger partial charge < -0.3 is 15.5 Å². The van der Waals surface area contributed by atoms with Gasteiger partial charge in [-0.2, -0.15) is 0 Å². The second-order valence-electron chi connectivity index (χ2n) is 5.07. The van der Waals surface area contributed by atoms with E-state index in [1.165, 1.54) is 0 Å². The molecule has 1 heterocycles. The number of hydrogen-bond donors (Lipinski definition) is 1. The number of carbonyl (C=O) groups excluding carboxylic acids is 1. The molecule has 2 aliphatic rings. The highest BCUT2D eigenvalue weighted by molar-refractivity contribution is 5.85. The number of piperazine rings is 1. The van der Waals surface area contributed by atoms with Crippen molar-refractivity contribution in [1.29, 1.82) is 0 Å².